The lowest BCUT2D eigenvalue weighted by molar-refractivity contribution is 0.468. The Balaban J connectivity index is 2.25. The maximum atomic E-state index is 12.6. The second-order valence-electron chi connectivity index (χ2n) is 2.91. The van der Waals surface area contributed by atoms with Gasteiger partial charge >= 0.3 is 0 Å². The van der Waals surface area contributed by atoms with Gasteiger partial charge in [0.05, 0.1) is 0 Å². The molecule has 0 nitrogen and oxygen atoms in total. The van der Waals surface area contributed by atoms with Crippen LogP contribution in [0.2, 0.25) is 0 Å². The van der Waals surface area contributed by atoms with Crippen LogP contribution in [0.4, 0.5) is 4.39 Å². The molecule has 2 atom stereocenters. The summed E-state index contributed by atoms with van der Waals surface area (Å²) in [6, 6.07) is 7.88. The Labute approximate surface area is 73.6 Å². The topological polar surface area (TPSA) is 0 Å². The van der Waals surface area contributed by atoms with Crippen molar-refractivity contribution in [3.63, 3.8) is 0 Å². The van der Waals surface area contributed by atoms with Crippen molar-refractivity contribution in [2.24, 2.45) is 0 Å². The predicted molar refractivity (Wildman–Crippen MR) is 46.4 cm³/mol. The smallest absolute Gasteiger partial charge is 0.108 e. The van der Waals surface area contributed by atoms with E-state index in [1.165, 1.54) is 0 Å². The Hall–Kier alpha value is -0.370. The number of hydrogen-bond donors (Lipinski definition) is 0. The van der Waals surface area contributed by atoms with Crippen LogP contribution in [-0.2, 0) is 0 Å². The maximum absolute atomic E-state index is 12.6. The van der Waals surface area contributed by atoms with Gasteiger partial charge in [-0.3, -0.25) is 0 Å². The third kappa shape index (κ3) is 1.45. The zero-order valence-corrected chi connectivity index (χ0v) is 7.51. The predicted octanol–water partition coefficient (Wildman–Crippen LogP) is 3.27. The van der Waals surface area contributed by atoms with Gasteiger partial charge in [-0.1, -0.05) is 28.1 Å². The molecule has 0 spiro atoms. The number of alkyl halides is 1. The summed E-state index contributed by atoms with van der Waals surface area (Å²) >= 11 is 3.36. The van der Waals surface area contributed by atoms with Gasteiger partial charge in [-0.25, -0.2) is 4.39 Å². The molecule has 0 aliphatic heterocycles. The van der Waals surface area contributed by atoms with E-state index >= 15 is 0 Å². The minimum Gasteiger partial charge on any atom is -0.247 e. The van der Waals surface area contributed by atoms with E-state index in [-0.39, 0.29) is 5.92 Å². The molecule has 58 valence electrons. The van der Waals surface area contributed by atoms with E-state index in [1.807, 2.05) is 24.3 Å². The Kier molecular flexibility index (Phi) is 1.72. The Bertz CT molecular complexity index is 272. The fourth-order valence-corrected chi connectivity index (χ4v) is 1.66. The lowest BCUT2D eigenvalue weighted by Crippen LogP contribution is -1.81. The van der Waals surface area contributed by atoms with Crippen molar-refractivity contribution in [3.05, 3.63) is 34.3 Å². The highest BCUT2D eigenvalue weighted by Crippen LogP contribution is 2.43. The fourth-order valence-electron chi connectivity index (χ4n) is 1.25. The van der Waals surface area contributed by atoms with Crippen molar-refractivity contribution < 1.29 is 4.39 Å². The minimum absolute atomic E-state index is 0.174. The van der Waals surface area contributed by atoms with Crippen LogP contribution < -0.4 is 0 Å². The summed E-state index contributed by atoms with van der Waals surface area (Å²) in [6.45, 7) is 0. The molecule has 1 aliphatic rings. The summed E-state index contributed by atoms with van der Waals surface area (Å²) in [5.74, 6) is 0.174. The first kappa shape index (κ1) is 7.29. The van der Waals surface area contributed by atoms with Crippen molar-refractivity contribution in [2.45, 2.75) is 18.5 Å². The van der Waals surface area contributed by atoms with Gasteiger partial charge in [-0.15, -0.1) is 0 Å². The van der Waals surface area contributed by atoms with Crippen LogP contribution >= 0.6 is 15.9 Å². The van der Waals surface area contributed by atoms with Crippen LogP contribution in [0, 0.1) is 0 Å². The molecule has 1 saturated carbocycles. The molecule has 11 heavy (non-hydrogen) atoms. The van der Waals surface area contributed by atoms with E-state index in [9.17, 15) is 4.39 Å². The standard InChI is InChI=1S/C9H8BrF/c10-7-3-1-2-6(4-7)8-5-9(8)11/h1-4,8-9H,5H2. The summed E-state index contributed by atoms with van der Waals surface area (Å²) in [4.78, 5) is 0. The summed E-state index contributed by atoms with van der Waals surface area (Å²) in [5, 5.41) is 0. The molecule has 0 saturated heterocycles. The third-order valence-electron chi connectivity index (χ3n) is 1.99. The molecule has 2 rings (SSSR count). The molecule has 0 radical (unpaired) electrons. The second kappa shape index (κ2) is 2.59. The van der Waals surface area contributed by atoms with E-state index in [2.05, 4.69) is 15.9 Å². The molecule has 1 aliphatic carbocycles. The monoisotopic (exact) mass is 214 g/mol. The maximum Gasteiger partial charge on any atom is 0.108 e. The van der Waals surface area contributed by atoms with E-state index in [4.69, 9.17) is 0 Å². The summed E-state index contributed by atoms with van der Waals surface area (Å²) in [5.41, 5.74) is 1.12. The molecule has 1 fully saturated rings. The van der Waals surface area contributed by atoms with Gasteiger partial charge < -0.3 is 0 Å². The van der Waals surface area contributed by atoms with Crippen LogP contribution in [0.1, 0.15) is 17.9 Å². The van der Waals surface area contributed by atoms with Crippen molar-refractivity contribution in [2.75, 3.05) is 0 Å². The van der Waals surface area contributed by atoms with Crippen molar-refractivity contribution >= 4 is 15.9 Å². The fraction of sp³-hybridized carbons (Fsp3) is 0.333. The lowest BCUT2D eigenvalue weighted by atomic mass is 10.1. The second-order valence-corrected chi connectivity index (χ2v) is 3.83. The van der Waals surface area contributed by atoms with E-state index in [0.29, 0.717) is 6.42 Å². The summed E-state index contributed by atoms with van der Waals surface area (Å²) < 4.78 is 13.6. The first-order valence-electron chi connectivity index (χ1n) is 3.67. The van der Waals surface area contributed by atoms with Crippen molar-refractivity contribution in [1.82, 2.24) is 0 Å². The Morgan fingerprint density at radius 3 is 2.73 bits per heavy atom. The van der Waals surface area contributed by atoms with Gasteiger partial charge in [-0.2, -0.15) is 0 Å². The number of halogens is 2. The highest BCUT2D eigenvalue weighted by atomic mass is 79.9. The molecule has 0 bridgehead atoms. The van der Waals surface area contributed by atoms with Gasteiger partial charge in [-0.05, 0) is 24.1 Å². The number of rotatable bonds is 1. The van der Waals surface area contributed by atoms with E-state index in [0.717, 1.165) is 10.0 Å². The molecule has 1 aromatic carbocycles. The van der Waals surface area contributed by atoms with E-state index in [1.54, 1.807) is 0 Å². The molecule has 0 N–H and O–H groups in total. The average molecular weight is 215 g/mol. The van der Waals surface area contributed by atoms with Crippen LogP contribution in [0.25, 0.3) is 0 Å². The molecular weight excluding hydrogens is 207 g/mol. The van der Waals surface area contributed by atoms with E-state index < -0.39 is 6.17 Å². The van der Waals surface area contributed by atoms with Crippen LogP contribution in [0.15, 0.2) is 28.7 Å². The molecule has 0 heterocycles. The number of benzene rings is 1. The van der Waals surface area contributed by atoms with Gasteiger partial charge in [0.2, 0.25) is 0 Å². The van der Waals surface area contributed by atoms with Gasteiger partial charge in [0.25, 0.3) is 0 Å². The zero-order chi connectivity index (χ0) is 7.84. The summed E-state index contributed by atoms with van der Waals surface area (Å²) in [7, 11) is 0. The molecule has 1 aromatic rings. The lowest BCUT2D eigenvalue weighted by Gasteiger charge is -1.96. The van der Waals surface area contributed by atoms with Crippen LogP contribution in [-0.4, -0.2) is 6.17 Å². The Morgan fingerprint density at radius 2 is 2.18 bits per heavy atom. The van der Waals surface area contributed by atoms with Crippen LogP contribution in [0.3, 0.4) is 0 Å². The molecular formula is C9H8BrF. The highest BCUT2D eigenvalue weighted by Gasteiger charge is 2.38. The first-order valence-corrected chi connectivity index (χ1v) is 4.46. The van der Waals surface area contributed by atoms with Crippen LogP contribution in [0.5, 0.6) is 0 Å². The first-order chi connectivity index (χ1) is 5.27. The SMILES string of the molecule is FC1CC1c1cccc(Br)c1. The molecule has 2 unspecified atom stereocenters. The Morgan fingerprint density at radius 1 is 1.45 bits per heavy atom. The van der Waals surface area contributed by atoms with Gasteiger partial charge in [0, 0.05) is 10.4 Å². The molecule has 2 heteroatoms. The summed E-state index contributed by atoms with van der Waals surface area (Å²) in [6.07, 6.45) is 0.112. The quantitative estimate of drug-likeness (QED) is 0.674. The molecule has 0 amide bonds. The number of hydrogen-bond acceptors (Lipinski definition) is 0. The normalized spacial score (nSPS) is 28.5. The van der Waals surface area contributed by atoms with Crippen molar-refractivity contribution in [3.8, 4) is 0 Å². The average Bonchev–Trinajstić information content (AvgIpc) is 2.67. The van der Waals surface area contributed by atoms with Gasteiger partial charge in [0.15, 0.2) is 0 Å². The van der Waals surface area contributed by atoms with Gasteiger partial charge in [0.1, 0.15) is 6.17 Å². The third-order valence-corrected chi connectivity index (χ3v) is 2.48. The largest absolute Gasteiger partial charge is 0.247 e. The van der Waals surface area contributed by atoms with Crippen molar-refractivity contribution in [1.29, 1.82) is 0 Å². The zero-order valence-electron chi connectivity index (χ0n) is 5.93. The highest BCUT2D eigenvalue weighted by molar-refractivity contribution is 9.10. The minimum atomic E-state index is -0.593. The molecule has 0 aromatic heterocycles.